The number of benzene rings is 1. The second kappa shape index (κ2) is 12.4. The van der Waals surface area contributed by atoms with Gasteiger partial charge in [0.05, 0.1) is 23.4 Å². The summed E-state index contributed by atoms with van der Waals surface area (Å²) < 4.78 is 0. The molecule has 1 saturated heterocycles. The Bertz CT molecular complexity index is 1180. The highest BCUT2D eigenvalue weighted by molar-refractivity contribution is 6.25. The van der Waals surface area contributed by atoms with Crippen LogP contribution in [0.2, 0.25) is 0 Å². The Labute approximate surface area is 216 Å². The number of nitrogens with one attached hydrogen (secondary N) is 2. The van der Waals surface area contributed by atoms with Crippen molar-refractivity contribution in [2.75, 3.05) is 5.32 Å². The number of imide groups is 2. The summed E-state index contributed by atoms with van der Waals surface area (Å²) in [5.74, 6) is -2.09. The number of aromatic nitrogens is 1. The molecule has 1 unspecified atom stereocenters. The van der Waals surface area contributed by atoms with Gasteiger partial charge in [0.1, 0.15) is 12.3 Å². The standard InChI is InChI=1S/C28H32N4O5/c33-16-7-5-3-1-2-4-6-9-19-12-13-20(29-17-19)18-30-22-11-8-10-21-25(22)28(37)32(27(21)36)23-14-15-24(34)31-26(23)35/h8,10-13,16-17,23,30H,1-7,9,14-15,18H2,(H,31,34,35). The smallest absolute Gasteiger partial charge is 0.264 e. The number of aldehydes is 1. The minimum absolute atomic E-state index is 0.0824. The van der Waals surface area contributed by atoms with Crippen molar-refractivity contribution in [3.05, 3.63) is 58.9 Å². The van der Waals surface area contributed by atoms with Gasteiger partial charge in [0.15, 0.2) is 0 Å². The molecular weight excluding hydrogens is 472 g/mol. The van der Waals surface area contributed by atoms with E-state index in [-0.39, 0.29) is 24.0 Å². The quantitative estimate of drug-likeness (QED) is 0.243. The van der Waals surface area contributed by atoms with E-state index in [0.717, 1.165) is 49.0 Å². The zero-order valence-electron chi connectivity index (χ0n) is 20.8. The summed E-state index contributed by atoms with van der Waals surface area (Å²) in [6, 6.07) is 8.01. The third-order valence-corrected chi connectivity index (χ3v) is 6.85. The maximum atomic E-state index is 13.2. The minimum atomic E-state index is -0.991. The van der Waals surface area contributed by atoms with Crippen LogP contribution < -0.4 is 10.6 Å². The first kappa shape index (κ1) is 26.2. The van der Waals surface area contributed by atoms with E-state index in [0.29, 0.717) is 18.7 Å². The van der Waals surface area contributed by atoms with Gasteiger partial charge in [-0.05, 0) is 49.4 Å². The van der Waals surface area contributed by atoms with E-state index in [4.69, 9.17) is 0 Å². The molecule has 1 aromatic carbocycles. The number of pyridine rings is 1. The van der Waals surface area contributed by atoms with E-state index >= 15 is 0 Å². The van der Waals surface area contributed by atoms with Crippen LogP contribution in [-0.2, 0) is 27.3 Å². The second-order valence-electron chi connectivity index (χ2n) is 9.51. The summed E-state index contributed by atoms with van der Waals surface area (Å²) in [6.45, 7) is 0.372. The number of hydrogen-bond acceptors (Lipinski definition) is 7. The van der Waals surface area contributed by atoms with Crippen molar-refractivity contribution < 1.29 is 24.0 Å². The van der Waals surface area contributed by atoms with E-state index in [1.165, 1.54) is 18.4 Å². The van der Waals surface area contributed by atoms with Crippen molar-refractivity contribution in [2.45, 2.75) is 76.8 Å². The van der Waals surface area contributed by atoms with Gasteiger partial charge in [-0.1, -0.05) is 37.8 Å². The molecule has 0 radical (unpaired) electrons. The number of piperidine rings is 1. The van der Waals surface area contributed by atoms with Crippen molar-refractivity contribution in [3.63, 3.8) is 0 Å². The molecule has 4 amide bonds. The Morgan fingerprint density at radius 1 is 0.973 bits per heavy atom. The first-order valence-electron chi connectivity index (χ1n) is 13.0. The van der Waals surface area contributed by atoms with Crippen LogP contribution in [0.15, 0.2) is 36.5 Å². The van der Waals surface area contributed by atoms with Crippen LogP contribution in [0.3, 0.4) is 0 Å². The summed E-state index contributed by atoms with van der Waals surface area (Å²) in [5, 5.41) is 5.43. The first-order chi connectivity index (χ1) is 18.0. The topological polar surface area (TPSA) is 126 Å². The number of carbonyl (C=O) groups excluding carboxylic acids is 5. The highest BCUT2D eigenvalue weighted by atomic mass is 16.2. The molecule has 1 aromatic heterocycles. The molecule has 9 nitrogen and oxygen atoms in total. The molecule has 1 fully saturated rings. The van der Waals surface area contributed by atoms with Gasteiger partial charge < -0.3 is 10.1 Å². The van der Waals surface area contributed by atoms with Gasteiger partial charge in [-0.3, -0.25) is 34.4 Å². The van der Waals surface area contributed by atoms with Gasteiger partial charge in [-0.2, -0.15) is 0 Å². The fraction of sp³-hybridized carbons (Fsp3) is 0.429. The van der Waals surface area contributed by atoms with Crippen molar-refractivity contribution in [1.82, 2.24) is 15.2 Å². The predicted molar refractivity (Wildman–Crippen MR) is 137 cm³/mol. The number of carbonyl (C=O) groups is 5. The van der Waals surface area contributed by atoms with Crippen LogP contribution in [0.5, 0.6) is 0 Å². The first-order valence-corrected chi connectivity index (χ1v) is 13.0. The van der Waals surface area contributed by atoms with Crippen LogP contribution in [0.1, 0.15) is 89.8 Å². The number of rotatable bonds is 13. The molecule has 2 N–H and O–H groups in total. The highest BCUT2D eigenvalue weighted by Crippen LogP contribution is 2.32. The maximum Gasteiger partial charge on any atom is 0.264 e. The molecular formula is C28H32N4O5. The number of anilines is 1. The molecule has 3 heterocycles. The summed E-state index contributed by atoms with van der Waals surface area (Å²) in [5.41, 5.74) is 2.96. The Hall–Kier alpha value is -3.88. The molecule has 0 spiro atoms. The van der Waals surface area contributed by atoms with Gasteiger partial charge in [0.2, 0.25) is 11.8 Å². The number of hydrogen-bond donors (Lipinski definition) is 2. The van der Waals surface area contributed by atoms with E-state index in [1.807, 2.05) is 12.3 Å². The molecule has 37 heavy (non-hydrogen) atoms. The average molecular weight is 505 g/mol. The summed E-state index contributed by atoms with van der Waals surface area (Å²) in [6.07, 6.45) is 11.4. The van der Waals surface area contributed by atoms with Crippen molar-refractivity contribution in [1.29, 1.82) is 0 Å². The van der Waals surface area contributed by atoms with E-state index in [9.17, 15) is 24.0 Å². The number of aryl methyl sites for hydroxylation is 1. The molecule has 194 valence electrons. The average Bonchev–Trinajstić information content (AvgIpc) is 3.15. The molecule has 1 atom stereocenters. The van der Waals surface area contributed by atoms with E-state index in [2.05, 4.69) is 21.7 Å². The molecule has 4 rings (SSSR count). The van der Waals surface area contributed by atoms with Crippen molar-refractivity contribution in [2.24, 2.45) is 0 Å². The minimum Gasteiger partial charge on any atom is -0.379 e. The van der Waals surface area contributed by atoms with Crippen LogP contribution in [0.4, 0.5) is 5.69 Å². The third-order valence-electron chi connectivity index (χ3n) is 6.85. The molecule has 0 saturated carbocycles. The van der Waals surface area contributed by atoms with Gasteiger partial charge >= 0.3 is 0 Å². The summed E-state index contributed by atoms with van der Waals surface area (Å²) in [4.78, 5) is 65.8. The van der Waals surface area contributed by atoms with Crippen LogP contribution >= 0.6 is 0 Å². The van der Waals surface area contributed by atoms with Crippen LogP contribution in [0, 0.1) is 0 Å². The molecule has 0 aliphatic carbocycles. The van der Waals surface area contributed by atoms with E-state index < -0.39 is 29.7 Å². The SMILES string of the molecule is O=CCCCCCCCCc1ccc(CNc2cccc3c2C(=O)N(C2CCC(=O)NC2=O)C3=O)nc1. The third kappa shape index (κ3) is 6.28. The normalized spacial score (nSPS) is 17.1. The second-order valence-corrected chi connectivity index (χ2v) is 9.51. The lowest BCUT2D eigenvalue weighted by atomic mass is 10.0. The van der Waals surface area contributed by atoms with Crippen molar-refractivity contribution >= 4 is 35.6 Å². The molecule has 2 aliphatic rings. The fourth-order valence-corrected chi connectivity index (χ4v) is 4.82. The van der Waals surface area contributed by atoms with E-state index in [1.54, 1.807) is 18.2 Å². The lowest BCUT2D eigenvalue weighted by Gasteiger charge is -2.27. The lowest BCUT2D eigenvalue weighted by molar-refractivity contribution is -0.136. The fourth-order valence-electron chi connectivity index (χ4n) is 4.82. The van der Waals surface area contributed by atoms with Crippen molar-refractivity contribution in [3.8, 4) is 0 Å². The highest BCUT2D eigenvalue weighted by Gasteiger charge is 2.45. The zero-order chi connectivity index (χ0) is 26.2. The van der Waals surface area contributed by atoms with Gasteiger partial charge in [-0.25, -0.2) is 0 Å². The molecule has 0 bridgehead atoms. The van der Waals surface area contributed by atoms with Crippen LogP contribution in [-0.4, -0.2) is 45.8 Å². The molecule has 2 aromatic rings. The monoisotopic (exact) mass is 504 g/mol. The lowest BCUT2D eigenvalue weighted by Crippen LogP contribution is -2.54. The Balaban J connectivity index is 1.30. The number of unbranched alkanes of at least 4 members (excludes halogenated alkanes) is 6. The Kier molecular flexibility index (Phi) is 8.77. The Morgan fingerprint density at radius 2 is 1.76 bits per heavy atom. The van der Waals surface area contributed by atoms with Crippen LogP contribution in [0.25, 0.3) is 0 Å². The Morgan fingerprint density at radius 3 is 2.49 bits per heavy atom. The van der Waals surface area contributed by atoms with Gasteiger partial charge in [0.25, 0.3) is 11.8 Å². The molecule has 9 heteroatoms. The predicted octanol–water partition coefficient (Wildman–Crippen LogP) is 3.57. The maximum absolute atomic E-state index is 13.2. The van der Waals surface area contributed by atoms with Gasteiger partial charge in [0, 0.05) is 24.7 Å². The number of amides is 4. The summed E-state index contributed by atoms with van der Waals surface area (Å²) >= 11 is 0. The molecule has 2 aliphatic heterocycles. The number of nitrogens with zero attached hydrogens (tertiary/aromatic N) is 2. The largest absolute Gasteiger partial charge is 0.379 e. The summed E-state index contributed by atoms with van der Waals surface area (Å²) in [7, 11) is 0. The van der Waals surface area contributed by atoms with Gasteiger partial charge in [-0.15, -0.1) is 0 Å². The zero-order valence-corrected chi connectivity index (χ0v) is 20.8. The number of fused-ring (bicyclic) bond motifs is 1.